The number of hydrogen-bond acceptors (Lipinski definition) is 4. The molecular weight excluding hydrogens is 496 g/mol. The summed E-state index contributed by atoms with van der Waals surface area (Å²) in [5.41, 5.74) is 7.32. The van der Waals surface area contributed by atoms with E-state index in [9.17, 15) is 9.59 Å². The topological polar surface area (TPSA) is 52.6 Å². The van der Waals surface area contributed by atoms with E-state index in [0.717, 1.165) is 35.1 Å². The predicted molar refractivity (Wildman–Crippen MR) is 156 cm³/mol. The van der Waals surface area contributed by atoms with Crippen LogP contribution in [0.15, 0.2) is 133 Å². The van der Waals surface area contributed by atoms with E-state index in [2.05, 4.69) is 36.4 Å². The van der Waals surface area contributed by atoms with Crippen molar-refractivity contribution in [2.75, 3.05) is 0 Å². The Morgan fingerprint density at radius 2 is 0.725 bits per heavy atom. The Bertz CT molecular complexity index is 1440. The summed E-state index contributed by atoms with van der Waals surface area (Å²) >= 11 is 0. The van der Waals surface area contributed by atoms with Gasteiger partial charge in [0.05, 0.1) is 11.1 Å². The van der Waals surface area contributed by atoms with Crippen molar-refractivity contribution in [3.63, 3.8) is 0 Å². The number of esters is 2. The largest absolute Gasteiger partial charge is 0.457 e. The molecule has 0 amide bonds. The second-order valence-electron chi connectivity index (χ2n) is 9.59. The highest BCUT2D eigenvalue weighted by Gasteiger charge is 2.13. The van der Waals surface area contributed by atoms with Crippen LogP contribution in [0.4, 0.5) is 0 Å². The fourth-order valence-corrected chi connectivity index (χ4v) is 4.57. The van der Waals surface area contributed by atoms with Crippen LogP contribution in [0.3, 0.4) is 0 Å². The standard InChI is InChI=1S/C36H30O4/c37-35(39-25-33-17-9-7-15-31(33)23-27-11-3-1-4-12-27)29-19-21-30(22-20-29)36(38)40-26-34-18-10-8-16-32(34)24-28-13-5-2-6-14-28/h1-22H,23-26H2. The van der Waals surface area contributed by atoms with Crippen LogP contribution in [0.25, 0.3) is 0 Å². The lowest BCUT2D eigenvalue weighted by molar-refractivity contribution is 0.0458. The van der Waals surface area contributed by atoms with Crippen molar-refractivity contribution >= 4 is 11.9 Å². The third-order valence-electron chi connectivity index (χ3n) is 6.79. The molecule has 40 heavy (non-hydrogen) atoms. The van der Waals surface area contributed by atoms with Crippen LogP contribution in [0.5, 0.6) is 0 Å². The minimum Gasteiger partial charge on any atom is -0.457 e. The Labute approximate surface area is 234 Å². The molecule has 0 N–H and O–H groups in total. The monoisotopic (exact) mass is 526 g/mol. The quantitative estimate of drug-likeness (QED) is 0.176. The van der Waals surface area contributed by atoms with Crippen LogP contribution in [0.1, 0.15) is 54.1 Å². The van der Waals surface area contributed by atoms with E-state index >= 15 is 0 Å². The number of carbonyl (C=O) groups excluding carboxylic acids is 2. The SMILES string of the molecule is O=C(OCc1ccccc1Cc1ccccc1)c1ccc(C(=O)OCc2ccccc2Cc2ccccc2)cc1. The molecule has 0 bridgehead atoms. The Hall–Kier alpha value is -4.96. The highest BCUT2D eigenvalue weighted by atomic mass is 16.5. The summed E-state index contributed by atoms with van der Waals surface area (Å²) in [7, 11) is 0. The van der Waals surface area contributed by atoms with Crippen molar-refractivity contribution in [3.8, 4) is 0 Å². The second-order valence-corrected chi connectivity index (χ2v) is 9.59. The van der Waals surface area contributed by atoms with E-state index < -0.39 is 11.9 Å². The summed E-state index contributed by atoms with van der Waals surface area (Å²) in [6.07, 6.45) is 1.53. The molecule has 0 atom stereocenters. The molecule has 0 unspecified atom stereocenters. The maximum atomic E-state index is 12.7. The Morgan fingerprint density at radius 3 is 1.10 bits per heavy atom. The molecule has 5 aromatic rings. The highest BCUT2D eigenvalue weighted by molar-refractivity contribution is 5.93. The maximum Gasteiger partial charge on any atom is 0.338 e. The van der Waals surface area contributed by atoms with Gasteiger partial charge in [0.25, 0.3) is 0 Å². The molecule has 0 aliphatic rings. The van der Waals surface area contributed by atoms with Gasteiger partial charge in [-0.25, -0.2) is 9.59 Å². The van der Waals surface area contributed by atoms with Crippen molar-refractivity contribution in [1.82, 2.24) is 0 Å². The Balaban J connectivity index is 1.16. The average Bonchev–Trinajstić information content (AvgIpc) is 3.01. The number of carbonyl (C=O) groups is 2. The van der Waals surface area contributed by atoms with E-state index in [-0.39, 0.29) is 13.2 Å². The van der Waals surface area contributed by atoms with Gasteiger partial charge in [-0.1, -0.05) is 109 Å². The summed E-state index contributed by atoms with van der Waals surface area (Å²) in [6.45, 7) is 0.349. The van der Waals surface area contributed by atoms with Gasteiger partial charge in [-0.2, -0.15) is 0 Å². The number of ether oxygens (including phenoxy) is 2. The van der Waals surface area contributed by atoms with Crippen molar-refractivity contribution < 1.29 is 19.1 Å². The first-order valence-corrected chi connectivity index (χ1v) is 13.3. The van der Waals surface area contributed by atoms with Gasteiger partial charge < -0.3 is 9.47 Å². The van der Waals surface area contributed by atoms with Gasteiger partial charge in [-0.05, 0) is 70.5 Å². The van der Waals surface area contributed by atoms with Crippen LogP contribution in [-0.2, 0) is 35.5 Å². The summed E-state index contributed by atoms with van der Waals surface area (Å²) < 4.78 is 11.2. The molecule has 0 radical (unpaired) electrons. The van der Waals surface area contributed by atoms with Crippen molar-refractivity contribution in [2.45, 2.75) is 26.1 Å². The zero-order valence-electron chi connectivity index (χ0n) is 22.2. The van der Waals surface area contributed by atoms with Gasteiger partial charge in [0.15, 0.2) is 0 Å². The lowest BCUT2D eigenvalue weighted by atomic mass is 10.0. The van der Waals surface area contributed by atoms with E-state index in [4.69, 9.17) is 9.47 Å². The van der Waals surface area contributed by atoms with Crippen LogP contribution in [-0.4, -0.2) is 11.9 Å². The van der Waals surface area contributed by atoms with E-state index in [1.54, 1.807) is 24.3 Å². The van der Waals surface area contributed by atoms with Gasteiger partial charge in [0.1, 0.15) is 13.2 Å². The normalized spacial score (nSPS) is 10.6. The molecule has 0 aliphatic heterocycles. The molecule has 0 saturated carbocycles. The van der Waals surface area contributed by atoms with Crippen LogP contribution in [0, 0.1) is 0 Å². The number of benzene rings is 5. The highest BCUT2D eigenvalue weighted by Crippen LogP contribution is 2.18. The molecular formula is C36H30O4. The molecule has 0 fully saturated rings. The van der Waals surface area contributed by atoms with Crippen LogP contribution in [0.2, 0.25) is 0 Å². The molecule has 4 heteroatoms. The van der Waals surface area contributed by atoms with Crippen molar-refractivity contribution in [1.29, 1.82) is 0 Å². The molecule has 0 aromatic heterocycles. The van der Waals surface area contributed by atoms with Gasteiger partial charge in [0.2, 0.25) is 0 Å². The van der Waals surface area contributed by atoms with Gasteiger partial charge in [-0.3, -0.25) is 0 Å². The molecule has 198 valence electrons. The first-order valence-electron chi connectivity index (χ1n) is 13.3. The van der Waals surface area contributed by atoms with E-state index in [0.29, 0.717) is 11.1 Å². The first kappa shape index (κ1) is 26.6. The molecule has 5 aromatic carbocycles. The van der Waals surface area contributed by atoms with Gasteiger partial charge >= 0.3 is 11.9 Å². The number of hydrogen-bond donors (Lipinski definition) is 0. The van der Waals surface area contributed by atoms with Crippen LogP contribution >= 0.6 is 0 Å². The first-order chi connectivity index (χ1) is 19.7. The van der Waals surface area contributed by atoms with Crippen LogP contribution < -0.4 is 0 Å². The third kappa shape index (κ3) is 7.12. The molecule has 4 nitrogen and oxygen atoms in total. The third-order valence-corrected chi connectivity index (χ3v) is 6.79. The smallest absolute Gasteiger partial charge is 0.338 e. The predicted octanol–water partition coefficient (Wildman–Crippen LogP) is 7.58. The number of rotatable bonds is 10. The Morgan fingerprint density at radius 1 is 0.400 bits per heavy atom. The zero-order chi connectivity index (χ0) is 27.6. The van der Waals surface area contributed by atoms with E-state index in [1.165, 1.54) is 11.1 Å². The molecule has 0 saturated heterocycles. The Kier molecular flexibility index (Phi) is 8.80. The summed E-state index contributed by atoms with van der Waals surface area (Å²) in [6, 6.07) is 42.7. The fourth-order valence-electron chi connectivity index (χ4n) is 4.57. The maximum absolute atomic E-state index is 12.7. The molecule has 0 heterocycles. The fraction of sp³-hybridized carbons (Fsp3) is 0.111. The molecule has 0 spiro atoms. The van der Waals surface area contributed by atoms with Crippen molar-refractivity contribution in [2.24, 2.45) is 0 Å². The lowest BCUT2D eigenvalue weighted by Gasteiger charge is -2.12. The van der Waals surface area contributed by atoms with E-state index in [1.807, 2.05) is 72.8 Å². The van der Waals surface area contributed by atoms with Gasteiger partial charge in [-0.15, -0.1) is 0 Å². The molecule has 5 rings (SSSR count). The summed E-state index contributed by atoms with van der Waals surface area (Å²) in [4.78, 5) is 25.5. The van der Waals surface area contributed by atoms with Crippen molar-refractivity contribution in [3.05, 3.63) is 178 Å². The summed E-state index contributed by atoms with van der Waals surface area (Å²) in [5.74, 6) is -0.881. The minimum absolute atomic E-state index is 0.175. The lowest BCUT2D eigenvalue weighted by Crippen LogP contribution is -2.09. The zero-order valence-corrected chi connectivity index (χ0v) is 22.2. The minimum atomic E-state index is -0.440. The average molecular weight is 527 g/mol. The summed E-state index contributed by atoms with van der Waals surface area (Å²) in [5, 5.41) is 0. The second kappa shape index (κ2) is 13.2. The molecule has 0 aliphatic carbocycles. The van der Waals surface area contributed by atoms with Gasteiger partial charge in [0, 0.05) is 0 Å².